The van der Waals surface area contributed by atoms with Crippen molar-refractivity contribution in [3.05, 3.63) is 111 Å². The second-order valence-electron chi connectivity index (χ2n) is 7.40. The number of thiazole rings is 1. The van der Waals surface area contributed by atoms with Crippen molar-refractivity contribution >= 4 is 56.5 Å². The number of fused-ring (bicyclic) bond motifs is 1. The fourth-order valence-corrected chi connectivity index (χ4v) is 4.96. The topological polar surface area (TPSA) is 54.9 Å². The zero-order valence-corrected chi connectivity index (χ0v) is 19.6. The normalized spacial score (nSPS) is 11.0. The number of pyridine rings is 1. The Kier molecular flexibility index (Phi) is 6.09. The highest BCUT2D eigenvalue weighted by Gasteiger charge is 2.16. The van der Waals surface area contributed by atoms with E-state index in [9.17, 15) is 4.79 Å². The molecule has 0 spiro atoms. The maximum Gasteiger partial charge on any atom is 0.258 e. The summed E-state index contributed by atoms with van der Waals surface area (Å²) in [5.74, 6) is -0.234. The molecule has 5 aromatic rings. The predicted octanol–water partition coefficient (Wildman–Crippen LogP) is 7.51. The summed E-state index contributed by atoms with van der Waals surface area (Å²) < 4.78 is 0. The van der Waals surface area contributed by atoms with Crippen molar-refractivity contribution < 1.29 is 4.79 Å². The van der Waals surface area contributed by atoms with E-state index in [2.05, 4.69) is 10.3 Å². The van der Waals surface area contributed by atoms with Crippen LogP contribution in [0.2, 0.25) is 10.0 Å². The van der Waals surface area contributed by atoms with Gasteiger partial charge >= 0.3 is 0 Å². The van der Waals surface area contributed by atoms with Gasteiger partial charge in [0.25, 0.3) is 5.91 Å². The van der Waals surface area contributed by atoms with Gasteiger partial charge in [0.15, 0.2) is 5.13 Å². The highest BCUT2D eigenvalue weighted by molar-refractivity contribution is 7.15. The zero-order valence-electron chi connectivity index (χ0n) is 17.3. The molecule has 0 aliphatic rings. The third-order valence-corrected chi connectivity index (χ3v) is 6.84. The second-order valence-corrected chi connectivity index (χ2v) is 9.33. The molecule has 0 unspecified atom stereocenters. The molecule has 3 aromatic carbocycles. The van der Waals surface area contributed by atoms with Gasteiger partial charge < -0.3 is 0 Å². The third kappa shape index (κ3) is 4.62. The summed E-state index contributed by atoms with van der Waals surface area (Å²) in [5.41, 5.74) is 3.84. The van der Waals surface area contributed by atoms with Crippen molar-refractivity contribution in [2.45, 2.75) is 6.42 Å². The summed E-state index contributed by atoms with van der Waals surface area (Å²) >= 11 is 14.0. The minimum absolute atomic E-state index is 0.234. The Morgan fingerprint density at radius 3 is 2.42 bits per heavy atom. The molecule has 0 aliphatic heterocycles. The van der Waals surface area contributed by atoms with Crippen LogP contribution in [0.25, 0.3) is 22.2 Å². The highest BCUT2D eigenvalue weighted by Crippen LogP contribution is 2.30. The first-order valence-corrected chi connectivity index (χ1v) is 11.8. The van der Waals surface area contributed by atoms with Crippen molar-refractivity contribution in [3.63, 3.8) is 0 Å². The molecule has 0 radical (unpaired) electrons. The summed E-state index contributed by atoms with van der Waals surface area (Å²) in [6.45, 7) is 0. The number of hydrogen-bond acceptors (Lipinski definition) is 4. The number of nitrogens with one attached hydrogen (secondary N) is 1. The van der Waals surface area contributed by atoms with Crippen molar-refractivity contribution in [2.75, 3.05) is 5.32 Å². The molecule has 1 N–H and O–H groups in total. The van der Waals surface area contributed by atoms with Gasteiger partial charge in [-0.3, -0.25) is 10.1 Å². The highest BCUT2D eigenvalue weighted by atomic mass is 35.5. The molecule has 7 heteroatoms. The molecule has 162 valence electrons. The van der Waals surface area contributed by atoms with Gasteiger partial charge in [-0.25, -0.2) is 9.97 Å². The van der Waals surface area contributed by atoms with Crippen LogP contribution in [0.1, 0.15) is 20.8 Å². The molecular formula is C26H17Cl2N3OS. The Morgan fingerprint density at radius 1 is 0.909 bits per heavy atom. The van der Waals surface area contributed by atoms with Crippen LogP contribution in [0, 0.1) is 0 Å². The van der Waals surface area contributed by atoms with E-state index in [1.807, 2.05) is 78.9 Å². The number of carbonyl (C=O) groups is 1. The van der Waals surface area contributed by atoms with Gasteiger partial charge in [0.1, 0.15) is 0 Å². The summed E-state index contributed by atoms with van der Waals surface area (Å²) in [6.07, 6.45) is 2.28. The molecule has 33 heavy (non-hydrogen) atoms. The first kappa shape index (κ1) is 21.6. The van der Waals surface area contributed by atoms with Crippen molar-refractivity contribution in [3.8, 4) is 11.3 Å². The molecule has 5 rings (SSSR count). The minimum Gasteiger partial charge on any atom is -0.298 e. The Balaban J connectivity index is 1.44. The molecule has 0 aliphatic carbocycles. The molecule has 0 bridgehead atoms. The molecule has 2 aromatic heterocycles. The summed E-state index contributed by atoms with van der Waals surface area (Å²) in [7, 11) is 0. The van der Waals surface area contributed by atoms with Gasteiger partial charge in [-0.2, -0.15) is 0 Å². The monoisotopic (exact) mass is 489 g/mol. The maximum atomic E-state index is 13.3. The van der Waals surface area contributed by atoms with Gasteiger partial charge in [-0.15, -0.1) is 11.3 Å². The van der Waals surface area contributed by atoms with Crippen molar-refractivity contribution in [2.24, 2.45) is 0 Å². The first-order valence-electron chi connectivity index (χ1n) is 10.2. The number of aromatic nitrogens is 2. The molecular weight excluding hydrogens is 473 g/mol. The van der Waals surface area contributed by atoms with Gasteiger partial charge in [0, 0.05) is 38.5 Å². The lowest BCUT2D eigenvalue weighted by atomic mass is 10.0. The Morgan fingerprint density at radius 2 is 1.64 bits per heavy atom. The van der Waals surface area contributed by atoms with E-state index in [4.69, 9.17) is 28.2 Å². The second kappa shape index (κ2) is 9.32. The summed E-state index contributed by atoms with van der Waals surface area (Å²) in [6, 6.07) is 24.7. The van der Waals surface area contributed by atoms with E-state index >= 15 is 0 Å². The standard InChI is InChI=1S/C26H17Cl2N3OS/c27-21-10-6-11-22(28)20(21)13-17-15-29-26(33-17)31-25(32)19-14-24(16-7-2-1-3-8-16)30-23-12-5-4-9-18(19)23/h1-12,14-15H,13H2,(H,29,31,32). The van der Waals surface area contributed by atoms with Crippen molar-refractivity contribution in [1.29, 1.82) is 0 Å². The summed E-state index contributed by atoms with van der Waals surface area (Å²) in [5, 5.41) is 5.46. The average molecular weight is 490 g/mol. The molecule has 2 heterocycles. The smallest absolute Gasteiger partial charge is 0.258 e. The van der Waals surface area contributed by atoms with E-state index < -0.39 is 0 Å². The lowest BCUT2D eigenvalue weighted by Gasteiger charge is -2.09. The number of benzene rings is 3. The van der Waals surface area contributed by atoms with Crippen LogP contribution in [0.3, 0.4) is 0 Å². The molecule has 0 saturated carbocycles. The number of hydrogen-bond donors (Lipinski definition) is 1. The minimum atomic E-state index is -0.234. The van der Waals surface area contributed by atoms with Crippen LogP contribution < -0.4 is 5.32 Å². The van der Waals surface area contributed by atoms with Crippen LogP contribution in [0.15, 0.2) is 85.1 Å². The van der Waals surface area contributed by atoms with Gasteiger partial charge in [-0.05, 0) is 29.8 Å². The number of para-hydroxylation sites is 1. The number of anilines is 1. The number of carbonyl (C=O) groups excluding carboxylic acids is 1. The van der Waals surface area contributed by atoms with Crippen LogP contribution >= 0.6 is 34.5 Å². The van der Waals surface area contributed by atoms with Gasteiger partial charge in [0.05, 0.1) is 16.8 Å². The van der Waals surface area contributed by atoms with Crippen molar-refractivity contribution in [1.82, 2.24) is 9.97 Å². The van der Waals surface area contributed by atoms with E-state index in [-0.39, 0.29) is 5.91 Å². The summed E-state index contributed by atoms with van der Waals surface area (Å²) in [4.78, 5) is 23.3. The Bertz CT molecular complexity index is 1450. The molecule has 4 nitrogen and oxygen atoms in total. The molecule has 0 saturated heterocycles. The fraction of sp³-hybridized carbons (Fsp3) is 0.0385. The lowest BCUT2D eigenvalue weighted by molar-refractivity contribution is 0.102. The quantitative estimate of drug-likeness (QED) is 0.277. The average Bonchev–Trinajstić information content (AvgIpc) is 3.28. The molecule has 0 atom stereocenters. The number of amides is 1. The third-order valence-electron chi connectivity index (χ3n) is 5.22. The van der Waals surface area contributed by atoms with E-state index in [1.165, 1.54) is 11.3 Å². The van der Waals surface area contributed by atoms with Gasteiger partial charge in [0.2, 0.25) is 0 Å². The molecule has 0 fully saturated rings. The van der Waals surface area contributed by atoms with E-state index in [0.717, 1.165) is 32.6 Å². The van der Waals surface area contributed by atoms with Crippen LogP contribution in [0.4, 0.5) is 5.13 Å². The fourth-order valence-electron chi connectivity index (χ4n) is 3.61. The maximum absolute atomic E-state index is 13.3. The lowest BCUT2D eigenvalue weighted by Crippen LogP contribution is -2.12. The van der Waals surface area contributed by atoms with Gasteiger partial charge in [-0.1, -0.05) is 77.8 Å². The predicted molar refractivity (Wildman–Crippen MR) is 137 cm³/mol. The number of rotatable bonds is 5. The van der Waals surface area contributed by atoms with Crippen LogP contribution in [-0.2, 0) is 6.42 Å². The largest absolute Gasteiger partial charge is 0.298 e. The van der Waals surface area contributed by atoms with E-state index in [0.29, 0.717) is 27.2 Å². The van der Waals surface area contributed by atoms with E-state index in [1.54, 1.807) is 6.20 Å². The Hall–Kier alpha value is -3.25. The zero-order chi connectivity index (χ0) is 22.8. The van der Waals surface area contributed by atoms with Crippen LogP contribution in [0.5, 0.6) is 0 Å². The van der Waals surface area contributed by atoms with Crippen LogP contribution in [-0.4, -0.2) is 15.9 Å². The number of nitrogens with zero attached hydrogens (tertiary/aromatic N) is 2. The SMILES string of the molecule is O=C(Nc1ncc(Cc2c(Cl)cccc2Cl)s1)c1cc(-c2ccccc2)nc2ccccc12. The molecule has 1 amide bonds. The first-order chi connectivity index (χ1) is 16.1. The number of halogens is 2. The Labute approximate surface area is 204 Å².